The minimum absolute atomic E-state index is 0.617. The Labute approximate surface area is 116 Å². The fourth-order valence-corrected chi connectivity index (χ4v) is 3.43. The van der Waals surface area contributed by atoms with Crippen LogP contribution in [-0.2, 0) is 24.3 Å². The monoisotopic (exact) mass is 282 g/mol. The van der Waals surface area contributed by atoms with Crippen molar-refractivity contribution in [2.75, 3.05) is 6.61 Å². The van der Waals surface area contributed by atoms with Crippen molar-refractivity contribution in [2.24, 2.45) is 5.73 Å². The van der Waals surface area contributed by atoms with E-state index in [1.54, 1.807) is 22.7 Å². The van der Waals surface area contributed by atoms with Gasteiger partial charge in [0.05, 0.1) is 24.4 Å². The summed E-state index contributed by atoms with van der Waals surface area (Å²) >= 11 is 3.46. The van der Waals surface area contributed by atoms with Crippen molar-refractivity contribution in [2.45, 2.75) is 33.4 Å². The average Bonchev–Trinajstić information content (AvgIpc) is 2.92. The van der Waals surface area contributed by atoms with Crippen LogP contribution in [0.25, 0.3) is 0 Å². The van der Waals surface area contributed by atoms with E-state index in [0.29, 0.717) is 13.2 Å². The van der Waals surface area contributed by atoms with Crippen LogP contribution in [0.1, 0.15) is 25.9 Å². The van der Waals surface area contributed by atoms with Gasteiger partial charge in [-0.25, -0.2) is 4.98 Å². The number of thiophene rings is 1. The van der Waals surface area contributed by atoms with E-state index in [1.165, 1.54) is 20.2 Å². The van der Waals surface area contributed by atoms with E-state index in [-0.39, 0.29) is 0 Å². The topological polar surface area (TPSA) is 48.1 Å². The van der Waals surface area contributed by atoms with Gasteiger partial charge in [-0.3, -0.25) is 0 Å². The highest BCUT2D eigenvalue weighted by atomic mass is 32.1. The lowest BCUT2D eigenvalue weighted by Crippen LogP contribution is -1.99. The van der Waals surface area contributed by atoms with Crippen LogP contribution in [-0.4, -0.2) is 11.6 Å². The molecule has 18 heavy (non-hydrogen) atoms. The van der Waals surface area contributed by atoms with Gasteiger partial charge in [-0.1, -0.05) is 0 Å². The van der Waals surface area contributed by atoms with Gasteiger partial charge in [0, 0.05) is 27.6 Å². The summed E-state index contributed by atoms with van der Waals surface area (Å²) < 4.78 is 5.73. The Morgan fingerprint density at radius 2 is 2.22 bits per heavy atom. The maximum atomic E-state index is 5.73. The summed E-state index contributed by atoms with van der Waals surface area (Å²) in [7, 11) is 0. The van der Waals surface area contributed by atoms with E-state index in [0.717, 1.165) is 18.7 Å². The third kappa shape index (κ3) is 3.38. The standard InChI is InChI=1S/C13H18N2OS2/c1-9-13(17-8-15-9)3-4-16-7-11-5-12(6-14)18-10(11)2/h5,8H,3-4,6-7,14H2,1-2H3. The molecule has 2 rings (SSSR count). The SMILES string of the molecule is Cc1ncsc1CCOCc1cc(CN)sc1C. The highest BCUT2D eigenvalue weighted by molar-refractivity contribution is 7.12. The molecule has 98 valence electrons. The third-order valence-electron chi connectivity index (χ3n) is 2.85. The first-order chi connectivity index (χ1) is 8.70. The molecular formula is C13H18N2OS2. The van der Waals surface area contributed by atoms with Gasteiger partial charge >= 0.3 is 0 Å². The van der Waals surface area contributed by atoms with E-state index in [9.17, 15) is 0 Å². The Hall–Kier alpha value is -0.750. The summed E-state index contributed by atoms with van der Waals surface area (Å²) in [6.07, 6.45) is 0.948. The van der Waals surface area contributed by atoms with Crippen molar-refractivity contribution in [3.8, 4) is 0 Å². The molecule has 0 aliphatic heterocycles. The van der Waals surface area contributed by atoms with Gasteiger partial charge in [0.1, 0.15) is 0 Å². The second-order valence-electron chi connectivity index (χ2n) is 4.16. The summed E-state index contributed by atoms with van der Waals surface area (Å²) in [5, 5.41) is 0. The van der Waals surface area contributed by atoms with Gasteiger partial charge in [0.25, 0.3) is 0 Å². The smallest absolute Gasteiger partial charge is 0.0797 e. The number of nitrogens with zero attached hydrogens (tertiary/aromatic N) is 1. The number of hydrogen-bond acceptors (Lipinski definition) is 5. The lowest BCUT2D eigenvalue weighted by molar-refractivity contribution is 0.124. The molecule has 2 N–H and O–H groups in total. The number of nitrogens with two attached hydrogens (primary N) is 1. The highest BCUT2D eigenvalue weighted by Gasteiger charge is 2.05. The van der Waals surface area contributed by atoms with Crippen molar-refractivity contribution in [1.29, 1.82) is 0 Å². The van der Waals surface area contributed by atoms with Gasteiger partial charge in [0.2, 0.25) is 0 Å². The third-order valence-corrected chi connectivity index (χ3v) is 4.96. The Balaban J connectivity index is 1.78. The van der Waals surface area contributed by atoms with Gasteiger partial charge < -0.3 is 10.5 Å². The molecule has 0 unspecified atom stereocenters. The normalized spacial score (nSPS) is 11.1. The van der Waals surface area contributed by atoms with Crippen LogP contribution in [0.3, 0.4) is 0 Å². The Bertz CT molecular complexity index is 505. The van der Waals surface area contributed by atoms with Gasteiger partial charge in [-0.2, -0.15) is 0 Å². The fraction of sp³-hybridized carbons (Fsp3) is 0.462. The minimum atomic E-state index is 0.617. The predicted molar refractivity (Wildman–Crippen MR) is 77.2 cm³/mol. The van der Waals surface area contributed by atoms with Crippen molar-refractivity contribution < 1.29 is 4.74 Å². The number of hydrogen-bond donors (Lipinski definition) is 1. The molecule has 0 amide bonds. The lowest BCUT2D eigenvalue weighted by atomic mass is 10.2. The van der Waals surface area contributed by atoms with E-state index in [4.69, 9.17) is 10.5 Å². The van der Waals surface area contributed by atoms with Crippen LogP contribution < -0.4 is 5.73 Å². The number of rotatable bonds is 6. The number of aromatic nitrogens is 1. The summed E-state index contributed by atoms with van der Waals surface area (Å²) in [6, 6.07) is 2.15. The Morgan fingerprint density at radius 1 is 1.39 bits per heavy atom. The quantitative estimate of drug-likeness (QED) is 0.828. The molecule has 2 aromatic rings. The molecule has 0 atom stereocenters. The molecule has 3 nitrogen and oxygen atoms in total. The first kappa shape index (κ1) is 13.7. The molecule has 0 saturated carbocycles. The zero-order chi connectivity index (χ0) is 13.0. The summed E-state index contributed by atoms with van der Waals surface area (Å²) in [5.41, 5.74) is 9.91. The van der Waals surface area contributed by atoms with Gasteiger partial charge in [-0.05, 0) is 25.5 Å². The van der Waals surface area contributed by atoms with Crippen LogP contribution in [0, 0.1) is 13.8 Å². The molecule has 0 aliphatic rings. The zero-order valence-electron chi connectivity index (χ0n) is 10.7. The number of ether oxygens (including phenoxy) is 1. The minimum Gasteiger partial charge on any atom is -0.376 e. The van der Waals surface area contributed by atoms with Crippen molar-refractivity contribution in [3.63, 3.8) is 0 Å². The Kier molecular flexibility index (Phi) is 4.88. The molecule has 0 radical (unpaired) electrons. The summed E-state index contributed by atoms with van der Waals surface area (Å²) in [5.74, 6) is 0. The summed E-state index contributed by atoms with van der Waals surface area (Å²) in [4.78, 5) is 8.09. The first-order valence-corrected chi connectivity index (χ1v) is 7.65. The lowest BCUT2D eigenvalue weighted by Gasteiger charge is -2.03. The molecule has 0 bridgehead atoms. The molecule has 2 heterocycles. The molecule has 0 aromatic carbocycles. The molecule has 5 heteroatoms. The van der Waals surface area contributed by atoms with Gasteiger partial charge in [0.15, 0.2) is 0 Å². The largest absolute Gasteiger partial charge is 0.376 e. The maximum Gasteiger partial charge on any atom is 0.0797 e. The van der Waals surface area contributed by atoms with Crippen molar-refractivity contribution >= 4 is 22.7 Å². The molecular weight excluding hydrogens is 264 g/mol. The fourth-order valence-electron chi connectivity index (χ4n) is 1.74. The van der Waals surface area contributed by atoms with Crippen LogP contribution in [0.15, 0.2) is 11.6 Å². The molecule has 0 aliphatic carbocycles. The molecule has 0 spiro atoms. The second-order valence-corrected chi connectivity index (χ2v) is 6.44. The van der Waals surface area contributed by atoms with Crippen LogP contribution >= 0.6 is 22.7 Å². The number of aryl methyl sites for hydroxylation is 2. The van der Waals surface area contributed by atoms with Crippen LogP contribution in [0.5, 0.6) is 0 Å². The van der Waals surface area contributed by atoms with Crippen LogP contribution in [0.4, 0.5) is 0 Å². The zero-order valence-corrected chi connectivity index (χ0v) is 12.4. The molecule has 0 fully saturated rings. The first-order valence-electron chi connectivity index (χ1n) is 5.95. The van der Waals surface area contributed by atoms with Crippen molar-refractivity contribution in [1.82, 2.24) is 4.98 Å². The molecule has 0 saturated heterocycles. The van der Waals surface area contributed by atoms with Gasteiger partial charge in [-0.15, -0.1) is 22.7 Å². The molecule has 2 aromatic heterocycles. The predicted octanol–water partition coefficient (Wildman–Crippen LogP) is 3.04. The van der Waals surface area contributed by atoms with Crippen LogP contribution in [0.2, 0.25) is 0 Å². The summed E-state index contributed by atoms with van der Waals surface area (Å²) in [6.45, 7) is 6.21. The maximum absolute atomic E-state index is 5.73. The van der Waals surface area contributed by atoms with E-state index in [2.05, 4.69) is 18.0 Å². The highest BCUT2D eigenvalue weighted by Crippen LogP contribution is 2.22. The van der Waals surface area contributed by atoms with E-state index < -0.39 is 0 Å². The van der Waals surface area contributed by atoms with Crippen molar-refractivity contribution in [3.05, 3.63) is 37.5 Å². The Morgan fingerprint density at radius 3 is 2.83 bits per heavy atom. The van der Waals surface area contributed by atoms with E-state index >= 15 is 0 Å². The second kappa shape index (κ2) is 6.43. The van der Waals surface area contributed by atoms with E-state index in [1.807, 2.05) is 12.4 Å². The number of thiazole rings is 1. The average molecular weight is 282 g/mol.